The van der Waals surface area contributed by atoms with Crippen LogP contribution in [0.4, 0.5) is 10.3 Å². The first-order valence-corrected chi connectivity index (χ1v) is 9.56. The average molecular weight is 397 g/mol. The molecule has 0 saturated carbocycles. The molecule has 2 aromatic carbocycles. The molecule has 0 saturated heterocycles. The van der Waals surface area contributed by atoms with E-state index in [0.717, 1.165) is 5.56 Å². The van der Waals surface area contributed by atoms with E-state index in [0.29, 0.717) is 16.5 Å². The summed E-state index contributed by atoms with van der Waals surface area (Å²) in [6, 6.07) is 13.7. The van der Waals surface area contributed by atoms with Crippen LogP contribution in [0.15, 0.2) is 59.1 Å². The van der Waals surface area contributed by atoms with Gasteiger partial charge in [-0.25, -0.2) is 12.8 Å². The van der Waals surface area contributed by atoms with Crippen molar-refractivity contribution in [2.75, 3.05) is 17.1 Å². The standard InChI is InChI=1S/C17H14ClFN2O4S/c18-13-3-1-12(2-4-13)16-11-17(25-20-16)21-26(22,23)10-9-24-15-7-5-14(19)6-8-15/h1-8,11,21H,9-10H2. The molecule has 0 unspecified atom stereocenters. The van der Waals surface area contributed by atoms with Gasteiger partial charge >= 0.3 is 0 Å². The maximum Gasteiger partial charge on any atom is 0.238 e. The molecule has 1 aromatic heterocycles. The van der Waals surface area contributed by atoms with Crippen molar-refractivity contribution < 1.29 is 22.1 Å². The number of aromatic nitrogens is 1. The molecule has 0 amide bonds. The van der Waals surface area contributed by atoms with Crippen LogP contribution < -0.4 is 9.46 Å². The van der Waals surface area contributed by atoms with Crippen molar-refractivity contribution in [2.24, 2.45) is 0 Å². The van der Waals surface area contributed by atoms with Gasteiger partial charge in [-0.2, -0.15) is 0 Å². The first kappa shape index (κ1) is 18.2. The summed E-state index contributed by atoms with van der Waals surface area (Å²) in [6.45, 7) is -0.0981. The number of hydrogen-bond donors (Lipinski definition) is 1. The third-order valence-corrected chi connectivity index (χ3v) is 4.81. The van der Waals surface area contributed by atoms with E-state index in [9.17, 15) is 12.8 Å². The number of anilines is 1. The molecule has 1 N–H and O–H groups in total. The van der Waals surface area contributed by atoms with E-state index in [2.05, 4.69) is 9.88 Å². The number of hydrogen-bond acceptors (Lipinski definition) is 5. The third kappa shape index (κ3) is 4.96. The van der Waals surface area contributed by atoms with E-state index in [1.165, 1.54) is 30.3 Å². The quantitative estimate of drug-likeness (QED) is 0.653. The van der Waals surface area contributed by atoms with Crippen LogP contribution in [-0.2, 0) is 10.0 Å². The van der Waals surface area contributed by atoms with Gasteiger partial charge in [-0.1, -0.05) is 28.9 Å². The molecule has 0 aliphatic carbocycles. The Labute approximate surface area is 154 Å². The van der Waals surface area contributed by atoms with Crippen LogP contribution in [-0.4, -0.2) is 25.9 Å². The van der Waals surface area contributed by atoms with E-state index in [-0.39, 0.29) is 18.2 Å². The van der Waals surface area contributed by atoms with Gasteiger partial charge in [-0.05, 0) is 36.4 Å². The second-order valence-corrected chi connectivity index (χ2v) is 7.58. The summed E-state index contributed by atoms with van der Waals surface area (Å²) in [7, 11) is -3.69. The maximum absolute atomic E-state index is 12.8. The molecule has 0 fully saturated rings. The zero-order valence-corrected chi connectivity index (χ0v) is 14.9. The van der Waals surface area contributed by atoms with Crippen LogP contribution >= 0.6 is 11.6 Å². The SMILES string of the molecule is O=S(=O)(CCOc1ccc(F)cc1)Nc1cc(-c2ccc(Cl)cc2)no1. The second kappa shape index (κ2) is 7.76. The Morgan fingerprint density at radius 1 is 1.12 bits per heavy atom. The van der Waals surface area contributed by atoms with Gasteiger partial charge in [0.05, 0.1) is 0 Å². The van der Waals surface area contributed by atoms with Gasteiger partial charge in [0.1, 0.15) is 29.6 Å². The topological polar surface area (TPSA) is 81.4 Å². The van der Waals surface area contributed by atoms with Crippen molar-refractivity contribution in [1.82, 2.24) is 5.16 Å². The summed E-state index contributed by atoms with van der Waals surface area (Å²) < 4.78 is 49.5. The summed E-state index contributed by atoms with van der Waals surface area (Å²) in [4.78, 5) is 0. The van der Waals surface area contributed by atoms with Crippen LogP contribution in [0.3, 0.4) is 0 Å². The Bertz CT molecular complexity index is 973. The van der Waals surface area contributed by atoms with Crippen molar-refractivity contribution >= 4 is 27.5 Å². The predicted molar refractivity (Wildman–Crippen MR) is 96.3 cm³/mol. The van der Waals surface area contributed by atoms with Gasteiger partial charge in [0, 0.05) is 16.7 Å². The molecule has 0 spiro atoms. The Balaban J connectivity index is 1.57. The van der Waals surface area contributed by atoms with E-state index in [1.54, 1.807) is 24.3 Å². The summed E-state index contributed by atoms with van der Waals surface area (Å²) in [5.74, 6) is -0.321. The van der Waals surface area contributed by atoms with Crippen LogP contribution in [0, 0.1) is 5.82 Å². The first-order valence-electron chi connectivity index (χ1n) is 7.53. The monoisotopic (exact) mass is 396 g/mol. The molecule has 0 aliphatic heterocycles. The number of halogens is 2. The van der Waals surface area contributed by atoms with Crippen molar-refractivity contribution in [3.63, 3.8) is 0 Å². The van der Waals surface area contributed by atoms with E-state index >= 15 is 0 Å². The summed E-state index contributed by atoms with van der Waals surface area (Å²) in [6.07, 6.45) is 0. The fourth-order valence-electron chi connectivity index (χ4n) is 2.08. The molecule has 0 bridgehead atoms. The Morgan fingerprint density at radius 3 is 2.50 bits per heavy atom. The lowest BCUT2D eigenvalue weighted by Crippen LogP contribution is -2.21. The number of sulfonamides is 1. The molecule has 1 heterocycles. The number of nitrogens with zero attached hydrogens (tertiary/aromatic N) is 1. The van der Waals surface area contributed by atoms with Gasteiger partial charge in [0.2, 0.25) is 15.9 Å². The first-order chi connectivity index (χ1) is 12.4. The molecule has 3 rings (SSSR count). The lowest BCUT2D eigenvalue weighted by atomic mass is 10.1. The summed E-state index contributed by atoms with van der Waals surface area (Å²) >= 11 is 5.83. The summed E-state index contributed by atoms with van der Waals surface area (Å²) in [5.41, 5.74) is 1.21. The van der Waals surface area contributed by atoms with Crippen LogP contribution in [0.5, 0.6) is 5.75 Å². The van der Waals surface area contributed by atoms with E-state index in [1.807, 2.05) is 0 Å². The highest BCUT2D eigenvalue weighted by Crippen LogP contribution is 2.23. The normalized spacial score (nSPS) is 11.3. The lowest BCUT2D eigenvalue weighted by molar-refractivity contribution is 0.340. The zero-order valence-electron chi connectivity index (χ0n) is 13.4. The smallest absolute Gasteiger partial charge is 0.238 e. The van der Waals surface area contributed by atoms with Gasteiger partial charge < -0.3 is 9.26 Å². The van der Waals surface area contributed by atoms with Crippen LogP contribution in [0.2, 0.25) is 5.02 Å². The van der Waals surface area contributed by atoms with Crippen molar-refractivity contribution in [1.29, 1.82) is 0 Å². The van der Waals surface area contributed by atoms with E-state index < -0.39 is 15.8 Å². The fraction of sp³-hybridized carbons (Fsp3) is 0.118. The minimum atomic E-state index is -3.69. The highest BCUT2D eigenvalue weighted by atomic mass is 35.5. The molecule has 26 heavy (non-hydrogen) atoms. The third-order valence-electron chi connectivity index (χ3n) is 3.34. The second-order valence-electron chi connectivity index (χ2n) is 5.31. The highest BCUT2D eigenvalue weighted by molar-refractivity contribution is 7.92. The minimum absolute atomic E-state index is 0.00303. The van der Waals surface area contributed by atoms with Crippen LogP contribution in [0.1, 0.15) is 0 Å². The van der Waals surface area contributed by atoms with Crippen molar-refractivity contribution in [3.05, 3.63) is 65.4 Å². The van der Waals surface area contributed by atoms with Crippen LogP contribution in [0.25, 0.3) is 11.3 Å². The van der Waals surface area contributed by atoms with Gasteiger partial charge in [0.15, 0.2) is 0 Å². The number of nitrogens with one attached hydrogen (secondary N) is 1. The molecule has 3 aromatic rings. The number of benzene rings is 2. The Morgan fingerprint density at radius 2 is 1.81 bits per heavy atom. The minimum Gasteiger partial charge on any atom is -0.492 e. The molecular formula is C17H14ClFN2O4S. The van der Waals surface area contributed by atoms with Crippen molar-refractivity contribution in [3.8, 4) is 17.0 Å². The van der Waals surface area contributed by atoms with Crippen molar-refractivity contribution in [2.45, 2.75) is 0 Å². The Hall–Kier alpha value is -2.58. The number of ether oxygens (including phenoxy) is 1. The van der Waals surface area contributed by atoms with Gasteiger partial charge in [-0.15, -0.1) is 0 Å². The molecule has 136 valence electrons. The zero-order chi connectivity index (χ0) is 18.6. The molecular weight excluding hydrogens is 383 g/mol. The highest BCUT2D eigenvalue weighted by Gasteiger charge is 2.15. The molecule has 0 atom stereocenters. The van der Waals surface area contributed by atoms with Gasteiger partial charge in [-0.3, -0.25) is 4.72 Å². The maximum atomic E-state index is 12.8. The molecule has 0 radical (unpaired) electrons. The fourth-order valence-corrected chi connectivity index (χ4v) is 3.02. The molecule has 0 aliphatic rings. The lowest BCUT2D eigenvalue weighted by Gasteiger charge is -2.07. The van der Waals surface area contributed by atoms with E-state index in [4.69, 9.17) is 20.9 Å². The number of rotatable bonds is 7. The predicted octanol–water partition coefficient (Wildman–Crippen LogP) is 3.95. The molecule has 6 nitrogen and oxygen atoms in total. The Kier molecular flexibility index (Phi) is 5.43. The molecule has 9 heteroatoms. The van der Waals surface area contributed by atoms with Gasteiger partial charge in [0.25, 0.3) is 0 Å². The average Bonchev–Trinajstić information content (AvgIpc) is 3.05. The summed E-state index contributed by atoms with van der Waals surface area (Å²) in [5, 5.41) is 4.41. The largest absolute Gasteiger partial charge is 0.492 e.